The summed E-state index contributed by atoms with van der Waals surface area (Å²) in [6.07, 6.45) is 2.93. The summed E-state index contributed by atoms with van der Waals surface area (Å²) in [5, 5.41) is 10.0. The monoisotopic (exact) mass is 345 g/mol. The van der Waals surface area contributed by atoms with Crippen molar-refractivity contribution in [2.45, 2.75) is 11.7 Å². The lowest BCUT2D eigenvalue weighted by atomic mass is 10.1. The van der Waals surface area contributed by atoms with Crippen molar-refractivity contribution in [2.75, 3.05) is 0 Å². The van der Waals surface area contributed by atoms with Crippen LogP contribution in [0.25, 0.3) is 0 Å². The average Bonchev–Trinajstić information content (AvgIpc) is 3.19. The number of Topliss-reactive ketones (excluding diaryl/α,β-unsaturated/α-hetero) is 1. The molecule has 0 saturated carbocycles. The third-order valence-corrected chi connectivity index (χ3v) is 4.26. The molecule has 1 saturated heterocycles. The number of carbonyl (C=O) groups is 2. The number of hydrogen-bond donors (Lipinski definition) is 1. The number of nitrogens with one attached hydrogen (secondary N) is 1. The number of furan rings is 1. The summed E-state index contributed by atoms with van der Waals surface area (Å²) in [6.45, 7) is 0. The van der Waals surface area contributed by atoms with Crippen LogP contribution in [0.2, 0.25) is 0 Å². The van der Waals surface area contributed by atoms with Crippen LogP contribution in [0.4, 0.5) is 4.39 Å². The van der Waals surface area contributed by atoms with Gasteiger partial charge in [0.1, 0.15) is 11.6 Å². The Balaban J connectivity index is 1.60. The number of amidine groups is 1. The number of amides is 1. The number of ketones is 1. The molecule has 1 aromatic carbocycles. The largest absolute Gasteiger partial charge is 0.463 e. The third-order valence-electron chi connectivity index (χ3n) is 3.19. The SMILES string of the molecule is O=C(CC1S/C(=N/N=C\c2ccco2)NC1=O)c1ccc(F)cc1. The van der Waals surface area contributed by atoms with Crippen LogP contribution in [0, 0.1) is 5.82 Å². The maximum Gasteiger partial charge on any atom is 0.240 e. The van der Waals surface area contributed by atoms with Crippen LogP contribution < -0.4 is 5.32 Å². The zero-order valence-corrected chi connectivity index (χ0v) is 13.1. The van der Waals surface area contributed by atoms with Gasteiger partial charge in [0.05, 0.1) is 17.7 Å². The van der Waals surface area contributed by atoms with E-state index in [9.17, 15) is 14.0 Å². The zero-order chi connectivity index (χ0) is 16.9. The standard InChI is InChI=1S/C16H12FN3O3S/c17-11-5-3-10(4-6-11)13(21)8-14-15(22)19-16(24-14)20-18-9-12-2-1-7-23-12/h1-7,9,14H,8H2,(H,19,20,22)/b18-9-. The molecule has 1 aliphatic rings. The van der Waals surface area contributed by atoms with Crippen molar-refractivity contribution in [2.24, 2.45) is 10.2 Å². The molecule has 1 N–H and O–H groups in total. The van der Waals surface area contributed by atoms with Crippen molar-refractivity contribution in [3.8, 4) is 0 Å². The number of nitrogens with zero attached hydrogens (tertiary/aromatic N) is 2. The van der Waals surface area contributed by atoms with Gasteiger partial charge in [-0.2, -0.15) is 5.10 Å². The van der Waals surface area contributed by atoms with Gasteiger partial charge in [0.25, 0.3) is 0 Å². The second kappa shape index (κ2) is 7.22. The van der Waals surface area contributed by atoms with Gasteiger partial charge >= 0.3 is 0 Å². The van der Waals surface area contributed by atoms with Gasteiger partial charge in [0, 0.05) is 12.0 Å². The summed E-state index contributed by atoms with van der Waals surface area (Å²) in [5.74, 6) is -0.412. The maximum absolute atomic E-state index is 12.9. The molecule has 1 amide bonds. The molecule has 0 radical (unpaired) electrons. The molecule has 1 aromatic heterocycles. The third kappa shape index (κ3) is 3.96. The molecule has 8 heteroatoms. The zero-order valence-electron chi connectivity index (χ0n) is 12.3. The van der Waals surface area contributed by atoms with E-state index in [4.69, 9.17) is 4.42 Å². The Labute approximate surface area is 140 Å². The van der Waals surface area contributed by atoms with Crippen LogP contribution in [-0.2, 0) is 4.79 Å². The molecule has 122 valence electrons. The quantitative estimate of drug-likeness (QED) is 0.513. The Bertz CT molecular complexity index is 800. The van der Waals surface area contributed by atoms with Gasteiger partial charge in [-0.05, 0) is 36.4 Å². The lowest BCUT2D eigenvalue weighted by Crippen LogP contribution is -2.26. The Morgan fingerprint density at radius 2 is 2.12 bits per heavy atom. The van der Waals surface area contributed by atoms with Gasteiger partial charge in [0.15, 0.2) is 11.0 Å². The van der Waals surface area contributed by atoms with E-state index in [0.29, 0.717) is 16.5 Å². The second-order valence-electron chi connectivity index (χ2n) is 4.90. The highest BCUT2D eigenvalue weighted by Crippen LogP contribution is 2.24. The summed E-state index contributed by atoms with van der Waals surface area (Å²) < 4.78 is 17.9. The highest BCUT2D eigenvalue weighted by Gasteiger charge is 2.32. The molecular formula is C16H12FN3O3S. The summed E-state index contributed by atoms with van der Waals surface area (Å²) in [6, 6.07) is 8.66. The van der Waals surface area contributed by atoms with Crippen LogP contribution in [-0.4, -0.2) is 28.3 Å². The fraction of sp³-hybridized carbons (Fsp3) is 0.125. The minimum Gasteiger partial charge on any atom is -0.463 e. The van der Waals surface area contributed by atoms with E-state index in [-0.39, 0.29) is 18.1 Å². The van der Waals surface area contributed by atoms with Gasteiger partial charge in [-0.1, -0.05) is 11.8 Å². The molecule has 0 bridgehead atoms. The van der Waals surface area contributed by atoms with Gasteiger partial charge in [-0.25, -0.2) is 4.39 Å². The molecule has 0 spiro atoms. The summed E-state index contributed by atoms with van der Waals surface area (Å²) >= 11 is 1.13. The fourth-order valence-electron chi connectivity index (χ4n) is 2.01. The van der Waals surface area contributed by atoms with Gasteiger partial charge in [-0.15, -0.1) is 5.10 Å². The molecule has 0 aliphatic carbocycles. The number of halogens is 1. The smallest absolute Gasteiger partial charge is 0.240 e. The predicted molar refractivity (Wildman–Crippen MR) is 88.6 cm³/mol. The van der Waals surface area contributed by atoms with E-state index in [2.05, 4.69) is 15.5 Å². The van der Waals surface area contributed by atoms with Crippen LogP contribution >= 0.6 is 11.8 Å². The molecule has 6 nitrogen and oxygen atoms in total. The molecular weight excluding hydrogens is 333 g/mol. The number of carbonyl (C=O) groups excluding carboxylic acids is 2. The van der Waals surface area contributed by atoms with Crippen LogP contribution in [0.1, 0.15) is 22.5 Å². The number of rotatable bonds is 5. The fourth-order valence-corrected chi connectivity index (χ4v) is 2.94. The molecule has 1 atom stereocenters. The first kappa shape index (κ1) is 16.1. The van der Waals surface area contributed by atoms with E-state index in [1.54, 1.807) is 12.1 Å². The van der Waals surface area contributed by atoms with Crippen LogP contribution in [0.5, 0.6) is 0 Å². The van der Waals surface area contributed by atoms with Crippen molar-refractivity contribution < 1.29 is 18.4 Å². The first-order chi connectivity index (χ1) is 11.6. The van der Waals surface area contributed by atoms with Crippen LogP contribution in [0.15, 0.2) is 57.3 Å². The lowest BCUT2D eigenvalue weighted by molar-refractivity contribution is -0.118. The van der Waals surface area contributed by atoms with Crippen molar-refractivity contribution in [1.29, 1.82) is 0 Å². The number of thioether (sulfide) groups is 1. The molecule has 2 heterocycles. The van der Waals surface area contributed by atoms with E-state index < -0.39 is 11.1 Å². The van der Waals surface area contributed by atoms with Crippen molar-refractivity contribution in [3.05, 3.63) is 59.8 Å². The minimum absolute atomic E-state index is 0.00303. The Hall–Kier alpha value is -2.74. The van der Waals surface area contributed by atoms with Gasteiger partial charge in [-0.3, -0.25) is 9.59 Å². The Morgan fingerprint density at radius 1 is 1.33 bits per heavy atom. The number of benzene rings is 1. The molecule has 2 aromatic rings. The average molecular weight is 345 g/mol. The highest BCUT2D eigenvalue weighted by atomic mass is 32.2. The van der Waals surface area contributed by atoms with E-state index in [1.807, 2.05) is 0 Å². The predicted octanol–water partition coefficient (Wildman–Crippen LogP) is 2.61. The van der Waals surface area contributed by atoms with Crippen molar-refractivity contribution >= 4 is 34.8 Å². The summed E-state index contributed by atoms with van der Waals surface area (Å²) in [4.78, 5) is 24.0. The van der Waals surface area contributed by atoms with E-state index in [0.717, 1.165) is 11.8 Å². The summed E-state index contributed by atoms with van der Waals surface area (Å²) in [7, 11) is 0. The van der Waals surface area contributed by atoms with Gasteiger partial charge in [0.2, 0.25) is 5.91 Å². The normalized spacial score (nSPS) is 19.1. The summed E-state index contributed by atoms with van der Waals surface area (Å²) in [5.41, 5.74) is 0.367. The molecule has 24 heavy (non-hydrogen) atoms. The number of hydrogen-bond acceptors (Lipinski definition) is 6. The van der Waals surface area contributed by atoms with E-state index in [1.165, 1.54) is 36.7 Å². The molecule has 1 fully saturated rings. The van der Waals surface area contributed by atoms with Crippen molar-refractivity contribution in [3.63, 3.8) is 0 Å². The first-order valence-corrected chi connectivity index (χ1v) is 7.90. The maximum atomic E-state index is 12.9. The topological polar surface area (TPSA) is 84.0 Å². The van der Waals surface area contributed by atoms with Crippen LogP contribution in [0.3, 0.4) is 0 Å². The highest BCUT2D eigenvalue weighted by molar-refractivity contribution is 8.15. The van der Waals surface area contributed by atoms with E-state index >= 15 is 0 Å². The molecule has 1 aliphatic heterocycles. The first-order valence-electron chi connectivity index (χ1n) is 7.02. The van der Waals surface area contributed by atoms with Gasteiger partial charge < -0.3 is 9.73 Å². The lowest BCUT2D eigenvalue weighted by Gasteiger charge is -2.04. The van der Waals surface area contributed by atoms with Crippen molar-refractivity contribution in [1.82, 2.24) is 5.32 Å². The molecule has 1 unspecified atom stereocenters. The minimum atomic E-state index is -0.583. The second-order valence-corrected chi connectivity index (χ2v) is 6.09. The Morgan fingerprint density at radius 3 is 2.83 bits per heavy atom. The Kier molecular flexibility index (Phi) is 4.85. The molecule has 3 rings (SSSR count).